The van der Waals surface area contributed by atoms with Gasteiger partial charge in [0.2, 0.25) is 5.91 Å². The second-order valence-corrected chi connectivity index (χ2v) is 9.33. The smallest absolute Gasteiger partial charge is 0.369 e. The third kappa shape index (κ3) is 3.40. The number of pyridine rings is 1. The first kappa shape index (κ1) is 19.6. The molecule has 5 rings (SSSR count). The number of carbonyl (C=O) groups is 2. The van der Waals surface area contributed by atoms with Crippen molar-refractivity contribution in [1.82, 2.24) is 20.1 Å². The molecule has 4 aliphatic rings. The summed E-state index contributed by atoms with van der Waals surface area (Å²) in [6.45, 7) is 2.80. The molecule has 0 unspecified atom stereocenters. The van der Waals surface area contributed by atoms with Crippen molar-refractivity contribution in [2.24, 2.45) is 11.3 Å². The van der Waals surface area contributed by atoms with Gasteiger partial charge in [-0.3, -0.25) is 9.78 Å². The fourth-order valence-corrected chi connectivity index (χ4v) is 5.43. The van der Waals surface area contributed by atoms with E-state index in [4.69, 9.17) is 4.74 Å². The largest absolute Gasteiger partial charge is 0.416 e. The van der Waals surface area contributed by atoms with Crippen molar-refractivity contribution >= 4 is 11.9 Å². The molecule has 3 aliphatic heterocycles. The molecule has 2 spiro atoms. The summed E-state index contributed by atoms with van der Waals surface area (Å²) in [7, 11) is 0. The number of halogens is 3. The lowest BCUT2D eigenvalue weighted by molar-refractivity contribution is -0.142. The SMILES string of the molecule is O=C1COCC2(CN(C(=O)N3CC4(CC(Cc5cc(C(F)(F)F)ccn5)C4)C3)C2)N1. The predicted molar refractivity (Wildman–Crippen MR) is 98.3 cm³/mol. The van der Waals surface area contributed by atoms with Crippen LogP contribution in [-0.2, 0) is 22.1 Å². The van der Waals surface area contributed by atoms with E-state index in [1.54, 1.807) is 4.90 Å². The highest BCUT2D eigenvalue weighted by molar-refractivity contribution is 5.81. The number of urea groups is 1. The van der Waals surface area contributed by atoms with Gasteiger partial charge in [0.15, 0.2) is 0 Å². The number of aromatic nitrogens is 1. The molecule has 1 aliphatic carbocycles. The van der Waals surface area contributed by atoms with Crippen molar-refractivity contribution in [3.8, 4) is 0 Å². The number of amides is 3. The third-order valence-electron chi connectivity index (χ3n) is 6.68. The zero-order valence-electron chi connectivity index (χ0n) is 16.4. The van der Waals surface area contributed by atoms with Crippen molar-refractivity contribution in [2.45, 2.75) is 31.0 Å². The maximum Gasteiger partial charge on any atom is 0.416 e. The molecule has 4 fully saturated rings. The van der Waals surface area contributed by atoms with E-state index in [2.05, 4.69) is 10.3 Å². The number of hydrogen-bond acceptors (Lipinski definition) is 4. The zero-order chi connectivity index (χ0) is 21.1. The first-order valence-corrected chi connectivity index (χ1v) is 10.1. The Morgan fingerprint density at radius 2 is 1.93 bits per heavy atom. The van der Waals surface area contributed by atoms with E-state index < -0.39 is 17.3 Å². The molecule has 10 heteroatoms. The minimum Gasteiger partial charge on any atom is -0.369 e. The molecule has 1 saturated carbocycles. The van der Waals surface area contributed by atoms with E-state index in [1.807, 2.05) is 4.90 Å². The summed E-state index contributed by atoms with van der Waals surface area (Å²) in [4.78, 5) is 31.8. The number of nitrogens with one attached hydrogen (secondary N) is 1. The van der Waals surface area contributed by atoms with Crippen molar-refractivity contribution in [1.29, 1.82) is 0 Å². The monoisotopic (exact) mass is 424 g/mol. The van der Waals surface area contributed by atoms with Crippen LogP contribution in [0, 0.1) is 11.3 Å². The molecular weight excluding hydrogens is 401 g/mol. The molecule has 7 nitrogen and oxygen atoms in total. The maximum atomic E-state index is 12.8. The van der Waals surface area contributed by atoms with E-state index in [1.165, 1.54) is 6.20 Å². The highest BCUT2D eigenvalue weighted by Gasteiger charge is 2.56. The Labute approximate surface area is 171 Å². The Balaban J connectivity index is 1.08. The molecule has 0 radical (unpaired) electrons. The van der Waals surface area contributed by atoms with E-state index in [0.717, 1.165) is 25.0 Å². The van der Waals surface area contributed by atoms with Crippen LogP contribution in [0.25, 0.3) is 0 Å². The molecule has 4 heterocycles. The highest BCUT2D eigenvalue weighted by Crippen LogP contribution is 2.53. The zero-order valence-corrected chi connectivity index (χ0v) is 16.4. The molecule has 3 saturated heterocycles. The van der Waals surface area contributed by atoms with Gasteiger partial charge in [-0.25, -0.2) is 4.79 Å². The maximum absolute atomic E-state index is 12.8. The van der Waals surface area contributed by atoms with Crippen LogP contribution in [0.5, 0.6) is 0 Å². The van der Waals surface area contributed by atoms with Gasteiger partial charge in [-0.15, -0.1) is 0 Å². The van der Waals surface area contributed by atoms with Gasteiger partial charge < -0.3 is 19.9 Å². The first-order valence-electron chi connectivity index (χ1n) is 10.1. The molecule has 0 aromatic carbocycles. The standard InChI is InChI=1S/C20H23F3N4O3/c21-20(22,23)14-1-2-24-15(4-14)3-13-5-18(6-13)8-26(9-18)17(29)27-10-19(11-27)12-30-7-16(28)25-19/h1-2,4,13H,3,5-12H2,(H,25,28). The second kappa shape index (κ2) is 6.57. The van der Waals surface area contributed by atoms with Gasteiger partial charge in [0, 0.05) is 43.5 Å². The average Bonchev–Trinajstić information content (AvgIpc) is 2.59. The Hall–Kier alpha value is -2.36. The topological polar surface area (TPSA) is 74.8 Å². The van der Waals surface area contributed by atoms with Gasteiger partial charge in [-0.1, -0.05) is 0 Å². The lowest BCUT2D eigenvalue weighted by Crippen LogP contribution is -2.78. The number of ether oxygens (including phenoxy) is 1. The molecule has 30 heavy (non-hydrogen) atoms. The Kier molecular flexibility index (Phi) is 4.29. The van der Waals surface area contributed by atoms with Crippen LogP contribution in [-0.4, -0.2) is 71.7 Å². The summed E-state index contributed by atoms with van der Waals surface area (Å²) in [5.74, 6) is 0.159. The van der Waals surface area contributed by atoms with E-state index >= 15 is 0 Å². The van der Waals surface area contributed by atoms with Crippen molar-refractivity contribution in [2.75, 3.05) is 39.4 Å². The minimum absolute atomic E-state index is 0.0194. The van der Waals surface area contributed by atoms with Crippen LogP contribution in [0.4, 0.5) is 18.0 Å². The fourth-order valence-electron chi connectivity index (χ4n) is 5.43. The quantitative estimate of drug-likeness (QED) is 0.784. The van der Waals surface area contributed by atoms with Gasteiger partial charge in [0.1, 0.15) is 6.61 Å². The van der Waals surface area contributed by atoms with Crippen LogP contribution in [0.15, 0.2) is 18.3 Å². The van der Waals surface area contributed by atoms with Gasteiger partial charge in [0.05, 0.1) is 17.7 Å². The van der Waals surface area contributed by atoms with Crippen LogP contribution in [0.2, 0.25) is 0 Å². The van der Waals surface area contributed by atoms with Gasteiger partial charge in [-0.05, 0) is 37.3 Å². The van der Waals surface area contributed by atoms with Crippen LogP contribution < -0.4 is 5.32 Å². The molecule has 162 valence electrons. The number of hydrogen-bond donors (Lipinski definition) is 1. The second-order valence-electron chi connectivity index (χ2n) is 9.33. The molecule has 0 bridgehead atoms. The normalized spacial score (nSPS) is 24.8. The summed E-state index contributed by atoms with van der Waals surface area (Å²) < 4.78 is 43.8. The number of nitrogens with zero attached hydrogens (tertiary/aromatic N) is 3. The van der Waals surface area contributed by atoms with Crippen molar-refractivity contribution < 1.29 is 27.5 Å². The van der Waals surface area contributed by atoms with E-state index in [-0.39, 0.29) is 24.0 Å². The summed E-state index contributed by atoms with van der Waals surface area (Å²) in [6, 6.07) is 2.11. The van der Waals surface area contributed by atoms with Crippen LogP contribution in [0.3, 0.4) is 0 Å². The predicted octanol–water partition coefficient (Wildman–Crippen LogP) is 1.68. The average molecular weight is 424 g/mol. The molecule has 1 aromatic heterocycles. The lowest BCUT2D eigenvalue weighted by Gasteiger charge is -2.61. The molecule has 0 atom stereocenters. The Morgan fingerprint density at radius 1 is 1.23 bits per heavy atom. The number of rotatable bonds is 2. The summed E-state index contributed by atoms with van der Waals surface area (Å²) >= 11 is 0. The van der Waals surface area contributed by atoms with E-state index in [9.17, 15) is 22.8 Å². The number of alkyl halides is 3. The van der Waals surface area contributed by atoms with E-state index in [0.29, 0.717) is 50.8 Å². The lowest BCUT2D eigenvalue weighted by atomic mass is 9.57. The Bertz CT molecular complexity index is 870. The Morgan fingerprint density at radius 3 is 2.60 bits per heavy atom. The van der Waals surface area contributed by atoms with Crippen molar-refractivity contribution in [3.05, 3.63) is 29.6 Å². The van der Waals surface area contributed by atoms with Gasteiger partial charge >= 0.3 is 12.2 Å². The molecule has 1 N–H and O–H groups in total. The van der Waals surface area contributed by atoms with Gasteiger partial charge in [-0.2, -0.15) is 13.2 Å². The minimum atomic E-state index is -4.35. The summed E-state index contributed by atoms with van der Waals surface area (Å²) in [5, 5.41) is 2.92. The van der Waals surface area contributed by atoms with Gasteiger partial charge in [0.25, 0.3) is 0 Å². The fraction of sp³-hybridized carbons (Fsp3) is 0.650. The van der Waals surface area contributed by atoms with Crippen LogP contribution >= 0.6 is 0 Å². The summed E-state index contributed by atoms with van der Waals surface area (Å²) in [6.07, 6.45) is -0.787. The summed E-state index contributed by atoms with van der Waals surface area (Å²) in [5.41, 5.74) is -0.520. The molecular formula is C20H23F3N4O3. The molecule has 3 amide bonds. The van der Waals surface area contributed by atoms with Crippen LogP contribution in [0.1, 0.15) is 24.1 Å². The third-order valence-corrected chi connectivity index (χ3v) is 6.68. The number of carbonyl (C=O) groups excluding carboxylic acids is 2. The van der Waals surface area contributed by atoms with Crippen molar-refractivity contribution in [3.63, 3.8) is 0 Å². The number of likely N-dealkylation sites (tertiary alicyclic amines) is 2. The number of morpholine rings is 1. The highest BCUT2D eigenvalue weighted by atomic mass is 19.4. The first-order chi connectivity index (χ1) is 14.2. The molecule has 1 aromatic rings.